The molecule has 72 valence electrons. The van der Waals surface area contributed by atoms with Crippen molar-refractivity contribution >= 4 is 12.0 Å². The van der Waals surface area contributed by atoms with Gasteiger partial charge in [-0.3, -0.25) is 4.79 Å². The van der Waals surface area contributed by atoms with Crippen molar-refractivity contribution in [3.8, 4) is 5.75 Å². The molecule has 1 aromatic carbocycles. The van der Waals surface area contributed by atoms with Crippen LogP contribution in [0.4, 0.5) is 0 Å². The highest BCUT2D eigenvalue weighted by Gasteiger charge is 2.20. The lowest BCUT2D eigenvalue weighted by Gasteiger charge is -2.12. The van der Waals surface area contributed by atoms with Crippen LogP contribution in [0, 0.1) is 0 Å². The van der Waals surface area contributed by atoms with E-state index in [0.29, 0.717) is 0 Å². The molecule has 1 aliphatic carbocycles. The van der Waals surface area contributed by atoms with Gasteiger partial charge in [-0.25, -0.2) is 0 Å². The summed E-state index contributed by atoms with van der Waals surface area (Å²) in [6.45, 7) is 1.46. The Hall–Kier alpha value is -1.77. The zero-order valence-electron chi connectivity index (χ0n) is 7.82. The normalized spacial score (nSPS) is 17.9. The second-order valence-corrected chi connectivity index (χ2v) is 3.32. The monoisotopic (exact) mass is 189 g/mol. The number of nitrogens with one attached hydrogen (secondary N) is 1. The molecule has 0 fully saturated rings. The lowest BCUT2D eigenvalue weighted by molar-refractivity contribution is -0.119. The fourth-order valence-corrected chi connectivity index (χ4v) is 1.69. The summed E-state index contributed by atoms with van der Waals surface area (Å²) < 4.78 is 0. The quantitative estimate of drug-likeness (QED) is 0.704. The molecule has 0 heterocycles. The lowest BCUT2D eigenvalue weighted by Crippen LogP contribution is -2.23. The summed E-state index contributed by atoms with van der Waals surface area (Å²) in [6.07, 6.45) is 3.77. The molecular formula is C11H11NO2. The largest absolute Gasteiger partial charge is 0.508 e. The number of rotatable bonds is 1. The third-order valence-corrected chi connectivity index (χ3v) is 2.25. The summed E-state index contributed by atoms with van der Waals surface area (Å²) in [5.41, 5.74) is 1.74. The number of carbonyl (C=O) groups is 1. The summed E-state index contributed by atoms with van der Waals surface area (Å²) >= 11 is 0. The number of carbonyl (C=O) groups excluding carboxylic acids is 1. The van der Waals surface area contributed by atoms with E-state index in [2.05, 4.69) is 5.32 Å². The van der Waals surface area contributed by atoms with Gasteiger partial charge in [-0.05, 0) is 11.6 Å². The van der Waals surface area contributed by atoms with E-state index < -0.39 is 0 Å². The van der Waals surface area contributed by atoms with E-state index in [4.69, 9.17) is 0 Å². The van der Waals surface area contributed by atoms with Gasteiger partial charge >= 0.3 is 0 Å². The van der Waals surface area contributed by atoms with Crippen molar-refractivity contribution in [2.75, 3.05) is 0 Å². The van der Waals surface area contributed by atoms with Crippen molar-refractivity contribution in [3.05, 3.63) is 35.4 Å². The maximum Gasteiger partial charge on any atom is 0.217 e. The minimum absolute atomic E-state index is 0.101. The van der Waals surface area contributed by atoms with Crippen LogP contribution in [0.3, 0.4) is 0 Å². The van der Waals surface area contributed by atoms with E-state index in [9.17, 15) is 9.90 Å². The van der Waals surface area contributed by atoms with Gasteiger partial charge in [-0.1, -0.05) is 24.3 Å². The maximum atomic E-state index is 10.9. The summed E-state index contributed by atoms with van der Waals surface area (Å²) in [5.74, 6) is 0.127. The van der Waals surface area contributed by atoms with Crippen LogP contribution < -0.4 is 5.32 Å². The molecule has 1 aromatic rings. The highest BCUT2D eigenvalue weighted by atomic mass is 16.3. The SMILES string of the molecule is CC(=O)NC1C=Cc2cccc(O)c21. The zero-order chi connectivity index (χ0) is 10.1. The topological polar surface area (TPSA) is 49.3 Å². The van der Waals surface area contributed by atoms with Gasteiger partial charge in [0, 0.05) is 12.5 Å². The van der Waals surface area contributed by atoms with Crippen molar-refractivity contribution in [1.29, 1.82) is 0 Å². The molecule has 0 bridgehead atoms. The summed E-state index contributed by atoms with van der Waals surface area (Å²) in [7, 11) is 0. The van der Waals surface area contributed by atoms with E-state index in [0.717, 1.165) is 11.1 Å². The van der Waals surface area contributed by atoms with E-state index >= 15 is 0 Å². The number of hydrogen-bond acceptors (Lipinski definition) is 2. The van der Waals surface area contributed by atoms with Crippen LogP contribution in [-0.4, -0.2) is 11.0 Å². The molecule has 0 spiro atoms. The highest BCUT2D eigenvalue weighted by molar-refractivity contribution is 5.76. The molecule has 1 aliphatic rings. The fourth-order valence-electron chi connectivity index (χ4n) is 1.69. The average Bonchev–Trinajstić information content (AvgIpc) is 2.49. The first-order chi connectivity index (χ1) is 6.68. The summed E-state index contributed by atoms with van der Waals surface area (Å²) in [5, 5.41) is 12.4. The van der Waals surface area contributed by atoms with Crippen LogP contribution in [0.1, 0.15) is 24.1 Å². The smallest absolute Gasteiger partial charge is 0.217 e. The van der Waals surface area contributed by atoms with Crippen molar-refractivity contribution in [3.63, 3.8) is 0 Å². The van der Waals surface area contributed by atoms with Gasteiger partial charge in [0.2, 0.25) is 5.91 Å². The van der Waals surface area contributed by atoms with Gasteiger partial charge in [0.05, 0.1) is 6.04 Å². The van der Waals surface area contributed by atoms with Gasteiger partial charge in [0.15, 0.2) is 0 Å². The van der Waals surface area contributed by atoms with Gasteiger partial charge < -0.3 is 10.4 Å². The van der Waals surface area contributed by atoms with E-state index in [1.165, 1.54) is 6.92 Å². The van der Waals surface area contributed by atoms with Gasteiger partial charge in [-0.15, -0.1) is 0 Å². The second-order valence-electron chi connectivity index (χ2n) is 3.32. The average molecular weight is 189 g/mol. The fraction of sp³-hybridized carbons (Fsp3) is 0.182. The first kappa shape index (κ1) is 8.81. The Morgan fingerprint density at radius 1 is 1.50 bits per heavy atom. The van der Waals surface area contributed by atoms with Crippen molar-refractivity contribution in [1.82, 2.24) is 5.32 Å². The van der Waals surface area contributed by atoms with Gasteiger partial charge in [0.25, 0.3) is 0 Å². The number of aromatic hydroxyl groups is 1. The molecule has 0 saturated carbocycles. The van der Waals surface area contributed by atoms with Crippen LogP contribution in [0.15, 0.2) is 24.3 Å². The third-order valence-electron chi connectivity index (χ3n) is 2.25. The van der Waals surface area contributed by atoms with E-state index in [1.807, 2.05) is 18.2 Å². The molecule has 1 amide bonds. The molecule has 14 heavy (non-hydrogen) atoms. The first-order valence-electron chi connectivity index (χ1n) is 4.45. The number of benzene rings is 1. The van der Waals surface area contributed by atoms with Crippen LogP contribution in [0.25, 0.3) is 6.08 Å². The molecule has 3 heteroatoms. The second kappa shape index (κ2) is 3.18. The molecule has 0 aliphatic heterocycles. The number of fused-ring (bicyclic) bond motifs is 1. The van der Waals surface area contributed by atoms with Crippen molar-refractivity contribution in [2.24, 2.45) is 0 Å². The Labute approximate surface area is 82.1 Å². The standard InChI is InChI=1S/C11H11NO2/c1-7(13)12-9-6-5-8-3-2-4-10(14)11(8)9/h2-6,9,14H,1H3,(H,12,13). The molecule has 1 unspecified atom stereocenters. The minimum Gasteiger partial charge on any atom is -0.508 e. The van der Waals surface area contributed by atoms with Crippen LogP contribution in [0.2, 0.25) is 0 Å². The number of hydrogen-bond donors (Lipinski definition) is 2. The molecular weight excluding hydrogens is 178 g/mol. The van der Waals surface area contributed by atoms with Crippen LogP contribution >= 0.6 is 0 Å². The minimum atomic E-state index is -0.191. The van der Waals surface area contributed by atoms with Crippen molar-refractivity contribution in [2.45, 2.75) is 13.0 Å². The van der Waals surface area contributed by atoms with Gasteiger partial charge in [0.1, 0.15) is 5.75 Å². The Bertz CT molecular complexity index is 410. The Morgan fingerprint density at radius 3 is 3.00 bits per heavy atom. The van der Waals surface area contributed by atoms with E-state index in [-0.39, 0.29) is 17.7 Å². The maximum absolute atomic E-state index is 10.9. The van der Waals surface area contributed by atoms with Crippen molar-refractivity contribution < 1.29 is 9.90 Å². The van der Waals surface area contributed by atoms with Gasteiger partial charge in [-0.2, -0.15) is 0 Å². The predicted octanol–water partition coefficient (Wildman–Crippen LogP) is 1.60. The molecule has 3 nitrogen and oxygen atoms in total. The zero-order valence-corrected chi connectivity index (χ0v) is 7.82. The predicted molar refractivity (Wildman–Crippen MR) is 53.7 cm³/mol. The molecule has 2 N–H and O–H groups in total. The number of phenols is 1. The molecule has 0 aromatic heterocycles. The Morgan fingerprint density at radius 2 is 2.29 bits per heavy atom. The molecule has 2 rings (SSSR count). The summed E-state index contributed by atoms with van der Waals surface area (Å²) in [4.78, 5) is 10.9. The number of amides is 1. The van der Waals surface area contributed by atoms with Crippen LogP contribution in [-0.2, 0) is 4.79 Å². The van der Waals surface area contributed by atoms with E-state index in [1.54, 1.807) is 12.1 Å². The van der Waals surface area contributed by atoms with Crippen LogP contribution in [0.5, 0.6) is 5.75 Å². The molecule has 0 radical (unpaired) electrons. The third kappa shape index (κ3) is 1.37. The Balaban J connectivity index is 2.37. The lowest BCUT2D eigenvalue weighted by atomic mass is 10.1. The summed E-state index contributed by atoms with van der Waals surface area (Å²) in [6, 6.07) is 5.13. The highest BCUT2D eigenvalue weighted by Crippen LogP contribution is 2.34. The number of phenolic OH excluding ortho intramolecular Hbond substituents is 1. The molecule has 0 saturated heterocycles. The Kier molecular flexibility index (Phi) is 2.00. The first-order valence-corrected chi connectivity index (χ1v) is 4.45. The molecule has 1 atom stereocenters.